The number of likely N-dealkylation sites (N-methyl/N-ethyl adjacent to an activating group) is 1. The molecule has 0 unspecified atom stereocenters. The fourth-order valence-electron chi connectivity index (χ4n) is 1.43. The normalized spacial score (nSPS) is 26.7. The van der Waals surface area contributed by atoms with Gasteiger partial charge in [0.15, 0.2) is 0 Å². The highest BCUT2D eigenvalue weighted by Crippen LogP contribution is 2.09. The van der Waals surface area contributed by atoms with Gasteiger partial charge >= 0.3 is 0 Å². The van der Waals surface area contributed by atoms with E-state index in [9.17, 15) is 8.78 Å². The molecule has 0 radical (unpaired) electrons. The molecule has 1 saturated heterocycles. The van der Waals surface area contributed by atoms with E-state index in [0.717, 1.165) is 19.5 Å². The van der Waals surface area contributed by atoms with Gasteiger partial charge in [0.1, 0.15) is 0 Å². The summed E-state index contributed by atoms with van der Waals surface area (Å²) in [5, 5.41) is 3.08. The molecule has 1 N–H and O–H groups in total. The maximum atomic E-state index is 11.9. The highest BCUT2D eigenvalue weighted by Gasteiger charge is 2.22. The Morgan fingerprint density at radius 1 is 1.64 bits per heavy atom. The second-order valence-corrected chi connectivity index (χ2v) is 2.92. The lowest BCUT2D eigenvalue weighted by atomic mass is 10.3. The van der Waals surface area contributed by atoms with Gasteiger partial charge in [0, 0.05) is 12.6 Å². The highest BCUT2D eigenvalue weighted by molar-refractivity contribution is 4.79. The molecule has 0 aromatic heterocycles. The monoisotopic (exact) mass is 164 g/mol. The second-order valence-electron chi connectivity index (χ2n) is 2.92. The Morgan fingerprint density at radius 3 is 2.82 bits per heavy atom. The minimum Gasteiger partial charge on any atom is -0.316 e. The van der Waals surface area contributed by atoms with Gasteiger partial charge in [0.05, 0.1) is 6.54 Å². The van der Waals surface area contributed by atoms with Gasteiger partial charge in [-0.05, 0) is 20.0 Å². The molecule has 1 aliphatic rings. The van der Waals surface area contributed by atoms with Crippen LogP contribution in [0.5, 0.6) is 0 Å². The highest BCUT2D eigenvalue weighted by atomic mass is 19.3. The van der Waals surface area contributed by atoms with Crippen LogP contribution in [0.4, 0.5) is 8.78 Å². The quantitative estimate of drug-likeness (QED) is 0.655. The van der Waals surface area contributed by atoms with E-state index in [2.05, 4.69) is 5.32 Å². The van der Waals surface area contributed by atoms with Gasteiger partial charge < -0.3 is 5.32 Å². The van der Waals surface area contributed by atoms with Gasteiger partial charge in [0.2, 0.25) is 0 Å². The van der Waals surface area contributed by atoms with E-state index in [-0.39, 0.29) is 6.54 Å². The van der Waals surface area contributed by atoms with Crippen LogP contribution >= 0.6 is 0 Å². The van der Waals surface area contributed by atoms with Crippen molar-refractivity contribution in [2.24, 2.45) is 0 Å². The first kappa shape index (κ1) is 8.87. The lowest BCUT2D eigenvalue weighted by Crippen LogP contribution is -2.32. The summed E-state index contributed by atoms with van der Waals surface area (Å²) in [5.74, 6) is 0. The number of nitrogens with zero attached hydrogens (tertiary/aromatic N) is 1. The Bertz CT molecular complexity index is 119. The SMILES string of the molecule is CN[C@H]1CCN(CC(F)F)C1. The van der Waals surface area contributed by atoms with Gasteiger partial charge in [0.25, 0.3) is 6.43 Å². The molecule has 4 heteroatoms. The third-order valence-corrected chi connectivity index (χ3v) is 2.08. The molecule has 0 saturated carbocycles. The average Bonchev–Trinajstić information content (AvgIpc) is 2.34. The zero-order chi connectivity index (χ0) is 8.27. The number of likely N-dealkylation sites (tertiary alicyclic amines) is 1. The summed E-state index contributed by atoms with van der Waals surface area (Å²) in [6.45, 7) is 1.49. The smallest absolute Gasteiger partial charge is 0.251 e. The van der Waals surface area contributed by atoms with E-state index in [1.54, 1.807) is 4.90 Å². The summed E-state index contributed by atoms with van der Waals surface area (Å²) < 4.78 is 23.7. The predicted molar refractivity (Wildman–Crippen MR) is 39.9 cm³/mol. The molecule has 0 bridgehead atoms. The van der Waals surface area contributed by atoms with Crippen LogP contribution in [-0.4, -0.2) is 44.0 Å². The Hall–Kier alpha value is -0.220. The van der Waals surface area contributed by atoms with Crippen molar-refractivity contribution in [1.82, 2.24) is 10.2 Å². The number of rotatable bonds is 3. The summed E-state index contributed by atoms with van der Waals surface area (Å²) in [7, 11) is 1.87. The van der Waals surface area contributed by atoms with Crippen LogP contribution in [0.1, 0.15) is 6.42 Å². The van der Waals surface area contributed by atoms with E-state index < -0.39 is 6.43 Å². The van der Waals surface area contributed by atoms with Crippen molar-refractivity contribution in [2.75, 3.05) is 26.7 Å². The molecule has 1 fully saturated rings. The molecular weight excluding hydrogens is 150 g/mol. The topological polar surface area (TPSA) is 15.3 Å². The number of hydrogen-bond donors (Lipinski definition) is 1. The first-order chi connectivity index (χ1) is 5.22. The Kier molecular flexibility index (Phi) is 3.20. The first-order valence-corrected chi connectivity index (χ1v) is 3.90. The van der Waals surface area contributed by atoms with Crippen LogP contribution in [0.3, 0.4) is 0 Å². The summed E-state index contributed by atoms with van der Waals surface area (Å²) in [6, 6.07) is 0.411. The van der Waals surface area contributed by atoms with Gasteiger partial charge in [-0.25, -0.2) is 8.78 Å². The maximum absolute atomic E-state index is 11.9. The first-order valence-electron chi connectivity index (χ1n) is 3.90. The molecular formula is C7H14F2N2. The Balaban J connectivity index is 2.19. The standard InChI is InChI=1S/C7H14F2N2/c1-10-6-2-3-11(4-6)5-7(8)9/h6-7,10H,2-5H2,1H3/t6-/m0/s1. The lowest BCUT2D eigenvalue weighted by molar-refractivity contribution is 0.0987. The van der Waals surface area contributed by atoms with Crippen LogP contribution in [0.25, 0.3) is 0 Å². The van der Waals surface area contributed by atoms with E-state index in [1.807, 2.05) is 7.05 Å². The Labute approximate surface area is 65.6 Å². The second kappa shape index (κ2) is 3.97. The van der Waals surface area contributed by atoms with Gasteiger partial charge in [-0.15, -0.1) is 0 Å². The molecule has 66 valence electrons. The van der Waals surface area contributed by atoms with Crippen molar-refractivity contribution in [2.45, 2.75) is 18.9 Å². The van der Waals surface area contributed by atoms with E-state index in [0.29, 0.717) is 6.04 Å². The predicted octanol–water partition coefficient (Wildman–Crippen LogP) is 0.545. The summed E-state index contributed by atoms with van der Waals surface area (Å²) >= 11 is 0. The summed E-state index contributed by atoms with van der Waals surface area (Å²) in [5.41, 5.74) is 0. The van der Waals surface area contributed by atoms with Crippen LogP contribution in [-0.2, 0) is 0 Å². The molecule has 0 spiro atoms. The van der Waals surface area contributed by atoms with Crippen molar-refractivity contribution in [3.63, 3.8) is 0 Å². The van der Waals surface area contributed by atoms with Gasteiger partial charge in [-0.3, -0.25) is 4.90 Å². The fraction of sp³-hybridized carbons (Fsp3) is 1.00. The van der Waals surface area contributed by atoms with Crippen molar-refractivity contribution in [3.05, 3.63) is 0 Å². The maximum Gasteiger partial charge on any atom is 0.251 e. The zero-order valence-corrected chi connectivity index (χ0v) is 6.69. The molecule has 1 aliphatic heterocycles. The molecule has 0 aromatic rings. The van der Waals surface area contributed by atoms with Crippen molar-refractivity contribution in [3.8, 4) is 0 Å². The molecule has 0 amide bonds. The van der Waals surface area contributed by atoms with Crippen LogP contribution in [0.2, 0.25) is 0 Å². The van der Waals surface area contributed by atoms with Gasteiger partial charge in [-0.2, -0.15) is 0 Å². The van der Waals surface area contributed by atoms with Crippen molar-refractivity contribution in [1.29, 1.82) is 0 Å². The molecule has 1 atom stereocenters. The summed E-state index contributed by atoms with van der Waals surface area (Å²) in [6.07, 6.45) is -1.20. The van der Waals surface area contributed by atoms with E-state index in [1.165, 1.54) is 0 Å². The number of alkyl halides is 2. The molecule has 0 aliphatic carbocycles. The van der Waals surface area contributed by atoms with Gasteiger partial charge in [-0.1, -0.05) is 0 Å². The third-order valence-electron chi connectivity index (χ3n) is 2.08. The third kappa shape index (κ3) is 2.71. The zero-order valence-electron chi connectivity index (χ0n) is 6.69. The minimum atomic E-state index is -2.19. The molecule has 1 heterocycles. The van der Waals surface area contributed by atoms with Crippen LogP contribution in [0, 0.1) is 0 Å². The number of nitrogens with one attached hydrogen (secondary N) is 1. The van der Waals surface area contributed by atoms with Crippen molar-refractivity contribution < 1.29 is 8.78 Å². The van der Waals surface area contributed by atoms with Crippen molar-refractivity contribution >= 4 is 0 Å². The molecule has 0 aromatic carbocycles. The minimum absolute atomic E-state index is 0.0713. The molecule has 11 heavy (non-hydrogen) atoms. The number of halogens is 2. The lowest BCUT2D eigenvalue weighted by Gasteiger charge is -2.14. The number of hydrogen-bond acceptors (Lipinski definition) is 2. The fourth-order valence-corrected chi connectivity index (χ4v) is 1.43. The Morgan fingerprint density at radius 2 is 2.36 bits per heavy atom. The van der Waals surface area contributed by atoms with Crippen LogP contribution < -0.4 is 5.32 Å². The molecule has 2 nitrogen and oxygen atoms in total. The molecule has 1 rings (SSSR count). The van der Waals surface area contributed by atoms with Crippen LogP contribution in [0.15, 0.2) is 0 Å². The largest absolute Gasteiger partial charge is 0.316 e. The van der Waals surface area contributed by atoms with E-state index >= 15 is 0 Å². The summed E-state index contributed by atoms with van der Waals surface area (Å²) in [4.78, 5) is 1.80. The average molecular weight is 164 g/mol. The van der Waals surface area contributed by atoms with E-state index in [4.69, 9.17) is 0 Å².